The Balaban J connectivity index is 3.02. The smallest absolute Gasteiger partial charge is 0.201 e. The summed E-state index contributed by atoms with van der Waals surface area (Å²) in [5.41, 5.74) is -5.24. The number of rotatable bonds is 0. The van der Waals surface area contributed by atoms with E-state index in [9.17, 15) is 36.7 Å². The van der Waals surface area contributed by atoms with Crippen LogP contribution in [0.3, 0.4) is 0 Å². The molecule has 1 aromatic rings. The van der Waals surface area contributed by atoms with Gasteiger partial charge in [0.1, 0.15) is 0 Å². The summed E-state index contributed by atoms with van der Waals surface area (Å²) in [5, 5.41) is -4.74. The zero-order chi connectivity index (χ0) is 16.3. The van der Waals surface area contributed by atoms with E-state index >= 15 is 0 Å². The first-order valence-electron chi connectivity index (χ1n) is 5.73. The molecular formula is C14H2F4O4. The Morgan fingerprint density at radius 1 is 0.545 bits per heavy atom. The van der Waals surface area contributed by atoms with Crippen molar-refractivity contribution in [3.05, 3.63) is 86.7 Å². The molecule has 0 saturated heterocycles. The lowest BCUT2D eigenvalue weighted by Gasteiger charge is -2.03. The number of fused-ring (bicyclic) bond motifs is 1. The van der Waals surface area contributed by atoms with Crippen LogP contribution in [0.2, 0.25) is 0 Å². The predicted octanol–water partition coefficient (Wildman–Crippen LogP) is 0.437. The normalized spacial score (nSPS) is 11.5. The molecule has 110 valence electrons. The molecule has 2 aliphatic rings. The van der Waals surface area contributed by atoms with Gasteiger partial charge in [0, 0.05) is 0 Å². The van der Waals surface area contributed by atoms with Crippen molar-refractivity contribution in [2.24, 2.45) is 0 Å². The SMILES string of the molecule is O=c1ccc(=O)c2c(=O)c3c(F)c(F)c(F)c(F)c3c(=O)c1=2. The average Bonchev–Trinajstić information content (AvgIpc) is 2.48. The molecule has 0 amide bonds. The predicted molar refractivity (Wildman–Crippen MR) is 66.5 cm³/mol. The fourth-order valence-corrected chi connectivity index (χ4v) is 2.32. The summed E-state index contributed by atoms with van der Waals surface area (Å²) in [7, 11) is 0. The summed E-state index contributed by atoms with van der Waals surface area (Å²) in [6, 6.07) is 1.34. The minimum Gasteiger partial charge on any atom is -0.289 e. The van der Waals surface area contributed by atoms with Gasteiger partial charge in [-0.05, 0) is 12.1 Å². The van der Waals surface area contributed by atoms with Crippen LogP contribution in [-0.2, 0) is 0 Å². The van der Waals surface area contributed by atoms with Gasteiger partial charge in [-0.1, -0.05) is 0 Å². The van der Waals surface area contributed by atoms with E-state index in [0.717, 1.165) is 0 Å². The summed E-state index contributed by atoms with van der Waals surface area (Å²) in [6.45, 7) is 0. The van der Waals surface area contributed by atoms with E-state index in [1.165, 1.54) is 0 Å². The Bertz CT molecular complexity index is 1140. The molecular weight excluding hydrogens is 308 g/mol. The molecule has 0 bridgehead atoms. The van der Waals surface area contributed by atoms with Crippen LogP contribution in [0, 0.1) is 33.7 Å². The Morgan fingerprint density at radius 2 is 0.864 bits per heavy atom. The zero-order valence-corrected chi connectivity index (χ0v) is 10.3. The summed E-state index contributed by atoms with van der Waals surface area (Å²) in [5.74, 6) is -8.75. The quantitative estimate of drug-likeness (QED) is 0.343. The van der Waals surface area contributed by atoms with E-state index in [4.69, 9.17) is 0 Å². The number of hydrogen-bond acceptors (Lipinski definition) is 4. The van der Waals surface area contributed by atoms with Gasteiger partial charge in [-0.3, -0.25) is 19.2 Å². The first-order chi connectivity index (χ1) is 10.3. The van der Waals surface area contributed by atoms with Gasteiger partial charge in [-0.25, -0.2) is 17.6 Å². The number of benzene rings is 1. The Morgan fingerprint density at radius 3 is 1.18 bits per heavy atom. The summed E-state index contributed by atoms with van der Waals surface area (Å²) in [4.78, 5) is 47.4. The fourth-order valence-electron chi connectivity index (χ4n) is 2.32. The van der Waals surface area contributed by atoms with Crippen molar-refractivity contribution < 1.29 is 17.6 Å². The van der Waals surface area contributed by atoms with Crippen LogP contribution in [0.1, 0.15) is 0 Å². The molecule has 22 heavy (non-hydrogen) atoms. The lowest BCUT2D eigenvalue weighted by Crippen LogP contribution is -2.29. The standard InChI is InChI=1S/C14H2F4O4/c15-9-7-8(10(16)12(18)11(9)17)14(22)6-4(20)2-1-3(19)5(6)13(7)21/h1-2H. The number of halogens is 4. The third-order valence-electron chi connectivity index (χ3n) is 3.30. The molecule has 0 atom stereocenters. The van der Waals surface area contributed by atoms with Gasteiger partial charge >= 0.3 is 0 Å². The summed E-state index contributed by atoms with van der Waals surface area (Å²) in [6.07, 6.45) is 0. The maximum atomic E-state index is 13.7. The van der Waals surface area contributed by atoms with Crippen molar-refractivity contribution in [1.82, 2.24) is 0 Å². The summed E-state index contributed by atoms with van der Waals surface area (Å²) < 4.78 is 54.0. The average molecular weight is 310 g/mol. The van der Waals surface area contributed by atoms with Crippen molar-refractivity contribution in [3.8, 4) is 0 Å². The lowest BCUT2D eigenvalue weighted by atomic mass is 10.0. The van der Waals surface area contributed by atoms with E-state index < -0.39 is 66.2 Å². The van der Waals surface area contributed by atoms with Crippen molar-refractivity contribution in [2.45, 2.75) is 0 Å². The van der Waals surface area contributed by atoms with Crippen molar-refractivity contribution >= 4 is 10.8 Å². The molecule has 0 heterocycles. The summed E-state index contributed by atoms with van der Waals surface area (Å²) >= 11 is 0. The van der Waals surface area contributed by atoms with E-state index in [1.54, 1.807) is 0 Å². The van der Waals surface area contributed by atoms with Crippen LogP contribution >= 0.6 is 0 Å². The first-order valence-corrected chi connectivity index (χ1v) is 5.73. The highest BCUT2D eigenvalue weighted by Crippen LogP contribution is 2.22. The molecule has 3 rings (SSSR count). The molecule has 1 aromatic carbocycles. The molecule has 0 aromatic heterocycles. The highest BCUT2D eigenvalue weighted by molar-refractivity contribution is 5.83. The van der Waals surface area contributed by atoms with Gasteiger partial charge in [-0.2, -0.15) is 0 Å². The fraction of sp³-hybridized carbons (Fsp3) is 0. The third kappa shape index (κ3) is 1.51. The molecule has 0 unspecified atom stereocenters. The minimum absolute atomic E-state index is 0.672. The van der Waals surface area contributed by atoms with Crippen molar-refractivity contribution in [2.75, 3.05) is 0 Å². The second-order valence-corrected chi connectivity index (χ2v) is 4.48. The molecule has 8 heteroatoms. The first kappa shape index (κ1) is 14.1. The monoisotopic (exact) mass is 310 g/mol. The second-order valence-electron chi connectivity index (χ2n) is 4.48. The number of hydrogen-bond donors (Lipinski definition) is 0. The van der Waals surface area contributed by atoms with Gasteiger partial charge in [0.25, 0.3) is 0 Å². The zero-order valence-electron chi connectivity index (χ0n) is 10.3. The Kier molecular flexibility index (Phi) is 2.74. The van der Waals surface area contributed by atoms with Crippen molar-refractivity contribution in [1.29, 1.82) is 0 Å². The van der Waals surface area contributed by atoms with Gasteiger partial charge in [0.15, 0.2) is 34.1 Å². The second kappa shape index (κ2) is 4.30. The van der Waals surface area contributed by atoms with Gasteiger partial charge in [-0.15, -0.1) is 0 Å². The van der Waals surface area contributed by atoms with Gasteiger partial charge < -0.3 is 0 Å². The van der Waals surface area contributed by atoms with Crippen molar-refractivity contribution in [3.63, 3.8) is 0 Å². The molecule has 4 nitrogen and oxygen atoms in total. The van der Waals surface area contributed by atoms with Crippen LogP contribution in [0.5, 0.6) is 0 Å². The van der Waals surface area contributed by atoms with E-state index in [-0.39, 0.29) is 0 Å². The topological polar surface area (TPSA) is 68.3 Å². The van der Waals surface area contributed by atoms with Crippen LogP contribution in [0.4, 0.5) is 17.6 Å². The van der Waals surface area contributed by atoms with E-state index in [1.807, 2.05) is 0 Å². The van der Waals surface area contributed by atoms with E-state index in [2.05, 4.69) is 0 Å². The maximum absolute atomic E-state index is 13.7. The lowest BCUT2D eigenvalue weighted by molar-refractivity contribution is 0.417. The Labute approximate surface area is 116 Å². The van der Waals surface area contributed by atoms with Crippen LogP contribution in [-0.4, -0.2) is 0 Å². The molecule has 0 aliphatic heterocycles. The molecule has 0 N–H and O–H groups in total. The largest absolute Gasteiger partial charge is 0.289 e. The van der Waals surface area contributed by atoms with Gasteiger partial charge in [0.2, 0.25) is 10.9 Å². The van der Waals surface area contributed by atoms with Crippen LogP contribution < -0.4 is 21.7 Å². The maximum Gasteiger partial charge on any atom is 0.201 e. The molecule has 2 aliphatic carbocycles. The molecule has 0 spiro atoms. The van der Waals surface area contributed by atoms with E-state index in [0.29, 0.717) is 12.1 Å². The molecule has 0 fully saturated rings. The van der Waals surface area contributed by atoms with Crippen LogP contribution in [0.25, 0.3) is 10.8 Å². The highest BCUT2D eigenvalue weighted by atomic mass is 19.2. The third-order valence-corrected chi connectivity index (χ3v) is 3.30. The molecule has 0 saturated carbocycles. The Hall–Kier alpha value is -2.90. The van der Waals surface area contributed by atoms with Gasteiger partial charge in [0.05, 0.1) is 21.2 Å². The highest BCUT2D eigenvalue weighted by Gasteiger charge is 2.26. The minimum atomic E-state index is -2.29. The molecule has 0 radical (unpaired) electrons. The van der Waals surface area contributed by atoms with Crippen LogP contribution in [0.15, 0.2) is 31.3 Å².